The summed E-state index contributed by atoms with van der Waals surface area (Å²) < 4.78 is 40.5. The first-order valence-corrected chi connectivity index (χ1v) is 15.7. The Kier molecular flexibility index (Phi) is 9.76. The molecule has 0 aliphatic rings. The second-order valence-corrected chi connectivity index (χ2v) is 11.9. The largest absolute Gasteiger partial charge is 0.497 e. The molecule has 5 aromatic rings. The molecule has 5 rings (SSSR count). The molecule has 1 amide bonds. The molecule has 45 heavy (non-hydrogen) atoms. The van der Waals surface area contributed by atoms with Crippen LogP contribution in [0.25, 0.3) is 11.0 Å². The summed E-state index contributed by atoms with van der Waals surface area (Å²) in [7, 11) is -1.08. The third-order valence-corrected chi connectivity index (χ3v) is 8.29. The molecule has 0 saturated heterocycles. The average molecular weight is 627 g/mol. The molecule has 0 bridgehead atoms. The van der Waals surface area contributed by atoms with Crippen molar-refractivity contribution in [3.8, 4) is 11.5 Å². The minimum Gasteiger partial charge on any atom is -0.497 e. The van der Waals surface area contributed by atoms with Crippen LogP contribution < -0.4 is 30.1 Å². The SMILES string of the molecule is COc1cc(Nc2nc3ccccc3nc2NS(=O)(=O)c2cccc(NC(=O)CNCC(C)c3ccccc3)c2)cc(OC)c1. The average Bonchev–Trinajstić information content (AvgIpc) is 3.05. The summed E-state index contributed by atoms with van der Waals surface area (Å²) in [5, 5.41) is 9.06. The zero-order valence-corrected chi connectivity index (χ0v) is 25.9. The summed E-state index contributed by atoms with van der Waals surface area (Å²) in [5.74, 6) is 1.16. The monoisotopic (exact) mass is 626 g/mol. The van der Waals surface area contributed by atoms with Crippen molar-refractivity contribution in [2.75, 3.05) is 42.7 Å². The van der Waals surface area contributed by atoms with Gasteiger partial charge in [0.25, 0.3) is 10.0 Å². The van der Waals surface area contributed by atoms with E-state index in [9.17, 15) is 13.2 Å². The van der Waals surface area contributed by atoms with E-state index < -0.39 is 10.0 Å². The van der Waals surface area contributed by atoms with Crippen LogP contribution in [0, 0.1) is 0 Å². The Bertz CT molecular complexity index is 1880. The Morgan fingerprint density at radius 3 is 2.09 bits per heavy atom. The maximum Gasteiger partial charge on any atom is 0.263 e. The molecule has 0 fully saturated rings. The van der Waals surface area contributed by atoms with Crippen molar-refractivity contribution in [1.29, 1.82) is 0 Å². The normalized spacial score (nSPS) is 11.9. The summed E-state index contributed by atoms with van der Waals surface area (Å²) in [5.41, 5.74) is 3.13. The van der Waals surface area contributed by atoms with Crippen LogP contribution in [0.15, 0.2) is 102 Å². The van der Waals surface area contributed by atoms with Crippen molar-refractivity contribution in [3.05, 3.63) is 103 Å². The van der Waals surface area contributed by atoms with E-state index in [4.69, 9.17) is 9.47 Å². The van der Waals surface area contributed by atoms with Gasteiger partial charge in [0, 0.05) is 36.1 Å². The number of hydrogen-bond donors (Lipinski definition) is 4. The molecule has 4 N–H and O–H groups in total. The van der Waals surface area contributed by atoms with Crippen LogP contribution in [-0.4, -0.2) is 51.6 Å². The highest BCUT2D eigenvalue weighted by Gasteiger charge is 2.20. The number of benzene rings is 4. The van der Waals surface area contributed by atoms with E-state index in [1.807, 2.05) is 36.4 Å². The molecule has 1 aromatic heterocycles. The van der Waals surface area contributed by atoms with E-state index in [1.54, 1.807) is 48.5 Å². The molecule has 1 unspecified atom stereocenters. The number of ether oxygens (including phenoxy) is 2. The Morgan fingerprint density at radius 1 is 0.778 bits per heavy atom. The Balaban J connectivity index is 1.32. The number of rotatable bonds is 13. The second-order valence-electron chi connectivity index (χ2n) is 10.3. The maximum atomic E-state index is 13.6. The zero-order valence-electron chi connectivity index (χ0n) is 25.1. The molecular formula is C33H34N6O5S. The minimum absolute atomic E-state index is 0.0124. The zero-order chi connectivity index (χ0) is 31.8. The first kappa shape index (κ1) is 31.2. The van der Waals surface area contributed by atoms with Gasteiger partial charge in [-0.25, -0.2) is 18.4 Å². The molecule has 4 aromatic carbocycles. The van der Waals surface area contributed by atoms with Gasteiger partial charge in [-0.05, 0) is 41.8 Å². The van der Waals surface area contributed by atoms with Crippen molar-refractivity contribution < 1.29 is 22.7 Å². The Morgan fingerprint density at radius 2 is 1.42 bits per heavy atom. The number of fused-ring (bicyclic) bond motifs is 1. The van der Waals surface area contributed by atoms with Gasteiger partial charge in [0.15, 0.2) is 11.6 Å². The fourth-order valence-corrected chi connectivity index (χ4v) is 5.66. The van der Waals surface area contributed by atoms with Crippen molar-refractivity contribution in [2.45, 2.75) is 17.7 Å². The van der Waals surface area contributed by atoms with Crippen LogP contribution in [0.4, 0.5) is 23.0 Å². The third-order valence-electron chi connectivity index (χ3n) is 6.95. The van der Waals surface area contributed by atoms with Gasteiger partial charge in [-0.2, -0.15) is 0 Å². The molecular weight excluding hydrogens is 592 g/mol. The third kappa shape index (κ3) is 8.05. The first-order valence-electron chi connectivity index (χ1n) is 14.2. The summed E-state index contributed by atoms with van der Waals surface area (Å²) in [6.07, 6.45) is 0. The van der Waals surface area contributed by atoms with Gasteiger partial charge in [-0.15, -0.1) is 0 Å². The molecule has 12 heteroatoms. The van der Waals surface area contributed by atoms with E-state index in [2.05, 4.69) is 37.6 Å². The van der Waals surface area contributed by atoms with Crippen LogP contribution >= 0.6 is 0 Å². The number of carbonyl (C=O) groups is 1. The summed E-state index contributed by atoms with van der Waals surface area (Å²) in [4.78, 5) is 21.8. The Hall–Kier alpha value is -5.20. The lowest BCUT2D eigenvalue weighted by molar-refractivity contribution is -0.115. The molecule has 1 atom stereocenters. The van der Waals surface area contributed by atoms with Crippen LogP contribution in [-0.2, 0) is 14.8 Å². The number of nitrogens with one attached hydrogen (secondary N) is 4. The minimum atomic E-state index is -4.15. The number of nitrogens with zero attached hydrogens (tertiary/aromatic N) is 2. The number of para-hydroxylation sites is 2. The predicted octanol–water partition coefficient (Wildman–Crippen LogP) is 5.52. The van der Waals surface area contributed by atoms with Gasteiger partial charge in [0.1, 0.15) is 11.5 Å². The van der Waals surface area contributed by atoms with Crippen LogP contribution in [0.5, 0.6) is 11.5 Å². The molecule has 0 aliphatic carbocycles. The molecule has 0 saturated carbocycles. The van der Waals surface area contributed by atoms with Gasteiger partial charge in [-0.3, -0.25) is 9.52 Å². The predicted molar refractivity (Wildman–Crippen MR) is 176 cm³/mol. The second kappa shape index (κ2) is 14.1. The lowest BCUT2D eigenvalue weighted by Gasteiger charge is -2.15. The number of amides is 1. The van der Waals surface area contributed by atoms with Gasteiger partial charge in [0.05, 0.1) is 36.7 Å². The lowest BCUT2D eigenvalue weighted by Crippen LogP contribution is -2.30. The van der Waals surface area contributed by atoms with Crippen LogP contribution in [0.2, 0.25) is 0 Å². The fraction of sp³-hybridized carbons (Fsp3) is 0.182. The van der Waals surface area contributed by atoms with E-state index in [1.165, 1.54) is 31.9 Å². The molecule has 0 spiro atoms. The van der Waals surface area contributed by atoms with E-state index >= 15 is 0 Å². The van der Waals surface area contributed by atoms with Gasteiger partial charge >= 0.3 is 0 Å². The highest BCUT2D eigenvalue weighted by Crippen LogP contribution is 2.31. The topological polar surface area (TPSA) is 144 Å². The van der Waals surface area contributed by atoms with Crippen molar-refractivity contribution in [3.63, 3.8) is 0 Å². The Labute approximate surface area is 262 Å². The van der Waals surface area contributed by atoms with E-state index in [0.29, 0.717) is 40.5 Å². The van der Waals surface area contributed by atoms with Gasteiger partial charge < -0.3 is 25.4 Å². The van der Waals surface area contributed by atoms with Crippen molar-refractivity contribution in [2.24, 2.45) is 0 Å². The highest BCUT2D eigenvalue weighted by atomic mass is 32.2. The summed E-state index contributed by atoms with van der Waals surface area (Å²) >= 11 is 0. The fourth-order valence-electron chi connectivity index (χ4n) is 4.61. The number of anilines is 4. The molecule has 0 aliphatic heterocycles. The van der Waals surface area contributed by atoms with Crippen LogP contribution in [0.1, 0.15) is 18.4 Å². The summed E-state index contributed by atoms with van der Waals surface area (Å²) in [6.45, 7) is 2.76. The van der Waals surface area contributed by atoms with E-state index in [-0.39, 0.29) is 34.9 Å². The number of methoxy groups -OCH3 is 2. The number of sulfonamides is 1. The van der Waals surface area contributed by atoms with Crippen molar-refractivity contribution in [1.82, 2.24) is 15.3 Å². The highest BCUT2D eigenvalue weighted by molar-refractivity contribution is 7.92. The quantitative estimate of drug-likeness (QED) is 0.133. The van der Waals surface area contributed by atoms with Gasteiger partial charge in [0.2, 0.25) is 5.91 Å². The standard InChI is InChI=1S/C33H34N6O5S/c1-22(23-10-5-4-6-11-23)20-34-21-31(40)35-24-12-9-13-28(18-24)45(41,42)39-33-32(37-29-14-7-8-15-30(29)38-33)36-25-16-26(43-2)19-27(17-25)44-3/h4-19,22,34H,20-21H2,1-3H3,(H,35,40)(H,36,37)(H,38,39). The first-order chi connectivity index (χ1) is 21.7. The number of aromatic nitrogens is 2. The molecule has 232 valence electrons. The summed E-state index contributed by atoms with van der Waals surface area (Å²) in [6, 6.07) is 28.3. The number of carbonyl (C=O) groups excluding carboxylic acids is 1. The van der Waals surface area contributed by atoms with E-state index in [0.717, 1.165) is 0 Å². The molecule has 11 nitrogen and oxygen atoms in total. The van der Waals surface area contributed by atoms with Crippen LogP contribution in [0.3, 0.4) is 0 Å². The van der Waals surface area contributed by atoms with Crippen molar-refractivity contribution >= 4 is 50.0 Å². The maximum absolute atomic E-state index is 13.6. The lowest BCUT2D eigenvalue weighted by atomic mass is 10.0. The molecule has 0 radical (unpaired) electrons. The number of hydrogen-bond acceptors (Lipinski definition) is 9. The van der Waals surface area contributed by atoms with Gasteiger partial charge in [-0.1, -0.05) is 55.5 Å². The molecule has 1 heterocycles. The smallest absolute Gasteiger partial charge is 0.263 e.